The fraction of sp³-hybridized carbons (Fsp3) is 0.188. The average molecular weight is 392 g/mol. The van der Waals surface area contributed by atoms with E-state index in [0.29, 0.717) is 0 Å². The molecule has 0 N–H and O–H groups in total. The first-order valence-electron chi connectivity index (χ1n) is 6.72. The minimum absolute atomic E-state index is 1.31. The van der Waals surface area contributed by atoms with Crippen LogP contribution in [0, 0.1) is 0 Å². The topological polar surface area (TPSA) is 0 Å². The number of hydrogen-bond acceptors (Lipinski definition) is 0. The summed E-state index contributed by atoms with van der Waals surface area (Å²) in [5, 5.41) is 7.38. The van der Waals surface area contributed by atoms with Crippen LogP contribution in [0.5, 0.6) is 0 Å². The van der Waals surface area contributed by atoms with Crippen molar-refractivity contribution < 1.29 is 14.7 Å². The van der Waals surface area contributed by atoms with Gasteiger partial charge in [-0.15, -0.1) is 38.9 Å². The molecule has 3 aromatic rings. The van der Waals surface area contributed by atoms with E-state index in [1.54, 1.807) is 5.19 Å². The van der Waals surface area contributed by atoms with E-state index in [1.165, 1.54) is 21.5 Å². The molecule has 3 rings (SSSR count). The molecule has 21 heavy (non-hydrogen) atoms. The van der Waals surface area contributed by atoms with Crippen molar-refractivity contribution >= 4 is 62.7 Å². The molecule has 0 aliphatic carbocycles. The summed E-state index contributed by atoms with van der Waals surface area (Å²) in [4.78, 5) is 0. The molecule has 0 spiro atoms. The first-order chi connectivity index (χ1) is 9.82. The Hall–Kier alpha value is 0.111. The molecule has 0 amide bonds. The average Bonchev–Trinajstić information content (AvgIpc) is 2.72. The summed E-state index contributed by atoms with van der Waals surface area (Å²) >= 11 is -1.92. The summed E-state index contributed by atoms with van der Waals surface area (Å²) in [6.07, 6.45) is 0. The molecule has 0 fully saturated rings. The van der Waals surface area contributed by atoms with Crippen LogP contribution >= 0.6 is 27.9 Å². The molecule has 0 unspecified atom stereocenters. The zero-order valence-corrected chi connectivity index (χ0v) is 17.1. The molecule has 0 bridgehead atoms. The monoisotopic (exact) mass is 390 g/mol. The molecule has 0 aliphatic heterocycles. The third-order valence-electron chi connectivity index (χ3n) is 3.43. The Morgan fingerprint density at radius 3 is 1.43 bits per heavy atom. The van der Waals surface area contributed by atoms with Gasteiger partial charge in [-0.1, -0.05) is 56.0 Å². The van der Waals surface area contributed by atoms with Crippen LogP contribution in [0.25, 0.3) is 21.5 Å². The van der Waals surface area contributed by atoms with E-state index < -0.39 is 22.8 Å². The Bertz CT molecular complexity index is 688. The Labute approximate surface area is 144 Å². The van der Waals surface area contributed by atoms with E-state index in [2.05, 4.69) is 68.2 Å². The van der Waals surface area contributed by atoms with E-state index in [-0.39, 0.29) is 0 Å². The van der Waals surface area contributed by atoms with Gasteiger partial charge < -0.3 is 0 Å². The van der Waals surface area contributed by atoms with Crippen molar-refractivity contribution in [3.8, 4) is 0 Å². The van der Waals surface area contributed by atoms with Crippen LogP contribution in [0.1, 0.15) is 0 Å². The van der Waals surface area contributed by atoms with Crippen molar-refractivity contribution in [3.05, 3.63) is 48.5 Å². The van der Waals surface area contributed by atoms with Gasteiger partial charge in [-0.05, 0) is 0 Å². The number of halogens is 3. The summed E-state index contributed by atoms with van der Waals surface area (Å²) < 4.78 is 0. The standard InChI is InChI=1S/C16H17Si.3ClH.Ti/c1-17(2,3)16-14-10-6-4-8-12(14)13-9-5-7-11-15(13)16;;;;/h4-11H,1-3H3;3*1H;/q-1;;;;+4/p-3. The molecule has 0 aliphatic rings. The Balaban J connectivity index is 0.000000361. The van der Waals surface area contributed by atoms with E-state index in [1.807, 2.05) is 0 Å². The van der Waals surface area contributed by atoms with E-state index in [4.69, 9.17) is 27.9 Å². The van der Waals surface area contributed by atoms with Crippen molar-refractivity contribution in [1.82, 2.24) is 0 Å². The fourth-order valence-corrected chi connectivity index (χ4v) is 4.88. The van der Waals surface area contributed by atoms with Gasteiger partial charge in [0.15, 0.2) is 0 Å². The number of fused-ring (bicyclic) bond motifs is 3. The second-order valence-electron chi connectivity index (χ2n) is 5.93. The summed E-state index contributed by atoms with van der Waals surface area (Å²) in [5.41, 5.74) is 0. The van der Waals surface area contributed by atoms with Gasteiger partial charge in [0.1, 0.15) is 0 Å². The third kappa shape index (κ3) is 4.10. The third-order valence-corrected chi connectivity index (χ3v) is 5.47. The molecule has 0 saturated heterocycles. The van der Waals surface area contributed by atoms with E-state index >= 15 is 0 Å². The fourth-order valence-electron chi connectivity index (χ4n) is 2.83. The SMILES string of the molecule is C[Si](C)(C)[c-]1c2ccccc2c2ccccc21.[Cl][Ti+]([Cl])[Cl]. The first-order valence-corrected chi connectivity index (χ1v) is 16.7. The summed E-state index contributed by atoms with van der Waals surface area (Å²) in [6, 6.07) is 17.7. The zero-order chi connectivity index (χ0) is 15.6. The minimum atomic E-state index is -1.92. The number of benzene rings is 2. The maximum atomic E-state index is 4.97. The molecule has 0 radical (unpaired) electrons. The zero-order valence-electron chi connectivity index (χ0n) is 12.3. The van der Waals surface area contributed by atoms with Gasteiger partial charge in [0.25, 0.3) is 0 Å². The molecule has 0 saturated carbocycles. The molecular weight excluding hydrogens is 374 g/mol. The number of rotatable bonds is 1. The molecule has 0 atom stereocenters. The van der Waals surface area contributed by atoms with Crippen LogP contribution in [-0.2, 0) is 14.7 Å². The number of hydrogen-bond donors (Lipinski definition) is 0. The van der Waals surface area contributed by atoms with Gasteiger partial charge in [0.05, 0.1) is 0 Å². The van der Waals surface area contributed by atoms with Crippen LogP contribution in [0.4, 0.5) is 0 Å². The van der Waals surface area contributed by atoms with Crippen molar-refractivity contribution in [2.24, 2.45) is 0 Å². The van der Waals surface area contributed by atoms with Crippen molar-refractivity contribution in [2.75, 3.05) is 0 Å². The van der Waals surface area contributed by atoms with Crippen LogP contribution in [0.3, 0.4) is 0 Å². The Morgan fingerprint density at radius 1 is 0.762 bits per heavy atom. The summed E-state index contributed by atoms with van der Waals surface area (Å²) in [6.45, 7) is 7.30. The summed E-state index contributed by atoms with van der Waals surface area (Å²) in [5.74, 6) is 0. The van der Waals surface area contributed by atoms with Crippen molar-refractivity contribution in [1.29, 1.82) is 0 Å². The van der Waals surface area contributed by atoms with Crippen molar-refractivity contribution in [3.63, 3.8) is 0 Å². The summed E-state index contributed by atoms with van der Waals surface area (Å²) in [7, 11) is 13.6. The predicted octanol–water partition coefficient (Wildman–Crippen LogP) is 6.32. The van der Waals surface area contributed by atoms with Crippen LogP contribution < -0.4 is 5.19 Å². The molecule has 0 nitrogen and oxygen atoms in total. The van der Waals surface area contributed by atoms with Crippen molar-refractivity contribution in [2.45, 2.75) is 19.6 Å². The van der Waals surface area contributed by atoms with Gasteiger partial charge in [-0.3, -0.25) is 0 Å². The quantitative estimate of drug-likeness (QED) is 0.336. The van der Waals surface area contributed by atoms with E-state index in [9.17, 15) is 0 Å². The van der Waals surface area contributed by atoms with Gasteiger partial charge in [0.2, 0.25) is 0 Å². The normalized spacial score (nSPS) is 11.3. The molecule has 0 heterocycles. The molecule has 5 heteroatoms. The second-order valence-corrected chi connectivity index (χ2v) is 18.7. The van der Waals surface area contributed by atoms with Gasteiger partial charge in [-0.25, -0.2) is 0 Å². The molecular formula is C16H17Cl3SiTi. The Morgan fingerprint density at radius 2 is 1.10 bits per heavy atom. The van der Waals surface area contributed by atoms with Crippen LogP contribution in [0.2, 0.25) is 19.6 Å². The second kappa shape index (κ2) is 7.12. The van der Waals surface area contributed by atoms with Crippen LogP contribution in [-0.4, -0.2) is 8.07 Å². The molecule has 3 aromatic carbocycles. The first kappa shape index (κ1) is 17.5. The van der Waals surface area contributed by atoms with Gasteiger partial charge in [-0.2, -0.15) is 0 Å². The Kier molecular flexibility index (Phi) is 5.92. The molecule has 110 valence electrons. The maximum absolute atomic E-state index is 4.97. The van der Waals surface area contributed by atoms with Crippen LogP contribution in [0.15, 0.2) is 48.5 Å². The molecule has 0 aromatic heterocycles. The van der Waals surface area contributed by atoms with Gasteiger partial charge in [0, 0.05) is 8.07 Å². The predicted molar refractivity (Wildman–Crippen MR) is 97.6 cm³/mol. The van der Waals surface area contributed by atoms with Gasteiger partial charge >= 0.3 is 42.6 Å². The van der Waals surface area contributed by atoms with E-state index in [0.717, 1.165) is 0 Å².